The first-order chi connectivity index (χ1) is 8.42. The molecule has 0 aromatic carbocycles. The van der Waals surface area contributed by atoms with Crippen LogP contribution in [0.5, 0.6) is 0 Å². The van der Waals surface area contributed by atoms with Crippen LogP contribution in [0, 0.1) is 12.8 Å². The maximum absolute atomic E-state index is 12.2. The van der Waals surface area contributed by atoms with Crippen molar-refractivity contribution in [3.8, 4) is 0 Å². The lowest BCUT2D eigenvalue weighted by Gasteiger charge is -2.12. The van der Waals surface area contributed by atoms with E-state index in [1.54, 1.807) is 6.92 Å². The highest BCUT2D eigenvalue weighted by molar-refractivity contribution is 7.89. The Labute approximate surface area is 107 Å². The molecule has 2 rings (SSSR count). The molecule has 2 atom stereocenters. The van der Waals surface area contributed by atoms with Gasteiger partial charge in [-0.25, -0.2) is 13.1 Å². The summed E-state index contributed by atoms with van der Waals surface area (Å²) in [5, 5.41) is 8.95. The average Bonchev–Trinajstić information content (AvgIpc) is 2.84. The van der Waals surface area contributed by atoms with E-state index in [4.69, 9.17) is 9.52 Å². The molecule has 1 fully saturated rings. The molecular formula is C12H19NO4S. The van der Waals surface area contributed by atoms with Crippen LogP contribution in [0.2, 0.25) is 0 Å². The third-order valence-electron chi connectivity index (χ3n) is 3.39. The SMILES string of the molecule is Cc1oc(CO)cc1S(=O)(=O)NC1CCC(C)C1. The summed E-state index contributed by atoms with van der Waals surface area (Å²) in [5.41, 5.74) is 0. The molecule has 0 radical (unpaired) electrons. The Balaban J connectivity index is 2.17. The van der Waals surface area contributed by atoms with Crippen LogP contribution < -0.4 is 4.72 Å². The lowest BCUT2D eigenvalue weighted by Crippen LogP contribution is -2.33. The van der Waals surface area contributed by atoms with Crippen LogP contribution in [-0.4, -0.2) is 19.6 Å². The van der Waals surface area contributed by atoms with E-state index in [1.165, 1.54) is 6.07 Å². The second kappa shape index (κ2) is 5.03. The molecule has 0 saturated heterocycles. The maximum Gasteiger partial charge on any atom is 0.244 e. The minimum atomic E-state index is -3.54. The van der Waals surface area contributed by atoms with Gasteiger partial charge >= 0.3 is 0 Å². The first kappa shape index (κ1) is 13.6. The molecule has 1 saturated carbocycles. The summed E-state index contributed by atoms with van der Waals surface area (Å²) >= 11 is 0. The lowest BCUT2D eigenvalue weighted by molar-refractivity contribution is 0.244. The van der Waals surface area contributed by atoms with Crippen molar-refractivity contribution in [1.82, 2.24) is 4.72 Å². The van der Waals surface area contributed by atoms with Crippen LogP contribution in [0.4, 0.5) is 0 Å². The van der Waals surface area contributed by atoms with E-state index < -0.39 is 10.0 Å². The number of aliphatic hydroxyl groups is 1. The first-order valence-electron chi connectivity index (χ1n) is 6.15. The third-order valence-corrected chi connectivity index (χ3v) is 5.01. The molecule has 1 aliphatic carbocycles. The van der Waals surface area contributed by atoms with Crippen molar-refractivity contribution >= 4 is 10.0 Å². The summed E-state index contributed by atoms with van der Waals surface area (Å²) in [7, 11) is -3.54. The van der Waals surface area contributed by atoms with E-state index >= 15 is 0 Å². The zero-order valence-corrected chi connectivity index (χ0v) is 11.5. The summed E-state index contributed by atoms with van der Waals surface area (Å²) in [6, 6.07) is 1.40. The zero-order chi connectivity index (χ0) is 13.3. The Morgan fingerprint density at radius 1 is 1.50 bits per heavy atom. The van der Waals surface area contributed by atoms with Crippen molar-refractivity contribution in [2.45, 2.75) is 50.7 Å². The smallest absolute Gasteiger partial charge is 0.244 e. The van der Waals surface area contributed by atoms with Crippen molar-refractivity contribution in [2.75, 3.05) is 0 Å². The predicted octanol–water partition coefficient (Wildman–Crippen LogP) is 1.55. The number of hydrogen-bond donors (Lipinski definition) is 2. The van der Waals surface area contributed by atoms with Gasteiger partial charge in [0, 0.05) is 12.1 Å². The fraction of sp³-hybridized carbons (Fsp3) is 0.667. The van der Waals surface area contributed by atoms with Gasteiger partial charge in [-0.3, -0.25) is 0 Å². The second-order valence-electron chi connectivity index (χ2n) is 5.03. The van der Waals surface area contributed by atoms with Crippen molar-refractivity contribution in [1.29, 1.82) is 0 Å². The van der Waals surface area contributed by atoms with E-state index in [1.807, 2.05) is 0 Å². The van der Waals surface area contributed by atoms with Crippen molar-refractivity contribution in [2.24, 2.45) is 5.92 Å². The molecule has 6 heteroatoms. The fourth-order valence-corrected chi connectivity index (χ4v) is 3.95. The monoisotopic (exact) mass is 273 g/mol. The Hall–Kier alpha value is -0.850. The van der Waals surface area contributed by atoms with Crippen molar-refractivity contribution in [3.05, 3.63) is 17.6 Å². The molecule has 102 valence electrons. The summed E-state index contributed by atoms with van der Waals surface area (Å²) in [5.74, 6) is 1.15. The minimum Gasteiger partial charge on any atom is -0.462 e. The number of rotatable bonds is 4. The number of aliphatic hydroxyl groups excluding tert-OH is 1. The van der Waals surface area contributed by atoms with Crippen LogP contribution in [0.3, 0.4) is 0 Å². The molecule has 18 heavy (non-hydrogen) atoms. The molecule has 1 aliphatic rings. The standard InChI is InChI=1S/C12H19NO4S/c1-8-3-4-10(5-8)13-18(15,16)12-6-11(7-14)17-9(12)2/h6,8,10,13-14H,3-5,7H2,1-2H3. The largest absolute Gasteiger partial charge is 0.462 e. The van der Waals surface area contributed by atoms with Gasteiger partial charge in [-0.2, -0.15) is 0 Å². The van der Waals surface area contributed by atoms with Crippen LogP contribution in [0.25, 0.3) is 0 Å². The van der Waals surface area contributed by atoms with Crippen LogP contribution in [0.1, 0.15) is 37.7 Å². The highest BCUT2D eigenvalue weighted by Crippen LogP contribution is 2.27. The number of furan rings is 1. The second-order valence-corrected chi connectivity index (χ2v) is 6.71. The first-order valence-corrected chi connectivity index (χ1v) is 7.63. The summed E-state index contributed by atoms with van der Waals surface area (Å²) in [6.07, 6.45) is 2.81. The van der Waals surface area contributed by atoms with Gasteiger partial charge in [0.1, 0.15) is 23.0 Å². The van der Waals surface area contributed by atoms with E-state index in [0.717, 1.165) is 19.3 Å². The Morgan fingerprint density at radius 3 is 2.72 bits per heavy atom. The van der Waals surface area contributed by atoms with E-state index in [9.17, 15) is 8.42 Å². The van der Waals surface area contributed by atoms with E-state index in [2.05, 4.69) is 11.6 Å². The lowest BCUT2D eigenvalue weighted by atomic mass is 10.1. The van der Waals surface area contributed by atoms with Gasteiger partial charge in [0.25, 0.3) is 0 Å². The third kappa shape index (κ3) is 2.76. The molecule has 0 bridgehead atoms. The summed E-state index contributed by atoms with van der Waals surface area (Å²) in [6.45, 7) is 3.42. The van der Waals surface area contributed by atoms with Gasteiger partial charge in [0.05, 0.1) is 0 Å². The normalized spacial score (nSPS) is 24.6. The van der Waals surface area contributed by atoms with Gasteiger partial charge in [0.2, 0.25) is 10.0 Å². The maximum atomic E-state index is 12.2. The van der Waals surface area contributed by atoms with Crippen LogP contribution in [0.15, 0.2) is 15.4 Å². The number of sulfonamides is 1. The van der Waals surface area contributed by atoms with Crippen LogP contribution in [-0.2, 0) is 16.6 Å². The molecule has 2 N–H and O–H groups in total. The van der Waals surface area contributed by atoms with Gasteiger partial charge in [-0.05, 0) is 32.1 Å². The van der Waals surface area contributed by atoms with Crippen molar-refractivity contribution < 1.29 is 17.9 Å². The van der Waals surface area contributed by atoms with Gasteiger partial charge in [0.15, 0.2) is 0 Å². The van der Waals surface area contributed by atoms with Crippen molar-refractivity contribution in [3.63, 3.8) is 0 Å². The molecule has 0 spiro atoms. The Morgan fingerprint density at radius 2 is 2.22 bits per heavy atom. The topological polar surface area (TPSA) is 79.5 Å². The quantitative estimate of drug-likeness (QED) is 0.872. The van der Waals surface area contributed by atoms with Gasteiger partial charge < -0.3 is 9.52 Å². The number of hydrogen-bond acceptors (Lipinski definition) is 4. The summed E-state index contributed by atoms with van der Waals surface area (Å²) < 4.78 is 32.3. The molecule has 1 aromatic heterocycles. The highest BCUT2D eigenvalue weighted by atomic mass is 32.2. The minimum absolute atomic E-state index is 0.0110. The molecule has 5 nitrogen and oxygen atoms in total. The molecule has 0 amide bonds. The molecule has 0 aliphatic heterocycles. The highest BCUT2D eigenvalue weighted by Gasteiger charge is 2.28. The van der Waals surface area contributed by atoms with Crippen LogP contribution >= 0.6 is 0 Å². The fourth-order valence-electron chi connectivity index (χ4n) is 2.47. The molecule has 2 unspecified atom stereocenters. The predicted molar refractivity (Wildman–Crippen MR) is 66.5 cm³/mol. The van der Waals surface area contributed by atoms with E-state index in [0.29, 0.717) is 11.7 Å². The average molecular weight is 273 g/mol. The Kier molecular flexibility index (Phi) is 3.79. The molecular weight excluding hydrogens is 254 g/mol. The summed E-state index contributed by atoms with van der Waals surface area (Å²) in [4.78, 5) is 0.131. The van der Waals surface area contributed by atoms with Gasteiger partial charge in [-0.15, -0.1) is 0 Å². The molecule has 1 aromatic rings. The van der Waals surface area contributed by atoms with E-state index in [-0.39, 0.29) is 23.3 Å². The Bertz CT molecular complexity index is 520. The molecule has 1 heterocycles. The van der Waals surface area contributed by atoms with Gasteiger partial charge in [-0.1, -0.05) is 6.92 Å². The number of aryl methyl sites for hydroxylation is 1. The number of nitrogens with one attached hydrogen (secondary N) is 1. The zero-order valence-electron chi connectivity index (χ0n) is 10.6.